The number of hydrogen-bond donors (Lipinski definition) is 0. The molecule has 0 unspecified atom stereocenters. The number of fused-ring (bicyclic) bond motifs is 3. The summed E-state index contributed by atoms with van der Waals surface area (Å²) in [5, 5.41) is 1.86. The standard InChI is InChI=1S/C24H22N2O4S/c27-16-15-26-22-8-4-3-7-21(22)24(23(26)28)11-13-25(14-12-24)31(29,30)20-10-9-18-5-1-2-6-19(18)17-20/h1-10,16-17H,11-15H2. The Labute approximate surface area is 181 Å². The highest BCUT2D eigenvalue weighted by Gasteiger charge is 2.52. The molecular weight excluding hydrogens is 412 g/mol. The average Bonchev–Trinajstić information content (AvgIpc) is 3.02. The number of anilines is 1. The molecule has 6 nitrogen and oxygen atoms in total. The van der Waals surface area contributed by atoms with Crippen molar-refractivity contribution in [2.75, 3.05) is 24.5 Å². The number of amides is 1. The highest BCUT2D eigenvalue weighted by Crippen LogP contribution is 2.48. The van der Waals surface area contributed by atoms with E-state index in [4.69, 9.17) is 0 Å². The van der Waals surface area contributed by atoms with Crippen LogP contribution in [0.2, 0.25) is 0 Å². The molecule has 158 valence electrons. The van der Waals surface area contributed by atoms with Gasteiger partial charge in [-0.1, -0.05) is 48.5 Å². The van der Waals surface area contributed by atoms with Crippen LogP contribution in [0, 0.1) is 0 Å². The Morgan fingerprint density at radius 2 is 1.58 bits per heavy atom. The van der Waals surface area contributed by atoms with Crippen LogP contribution in [-0.2, 0) is 25.0 Å². The fourth-order valence-corrected chi connectivity index (χ4v) is 6.40. The minimum Gasteiger partial charge on any atom is -0.304 e. The normalized spacial score (nSPS) is 18.5. The van der Waals surface area contributed by atoms with Crippen LogP contribution in [0.4, 0.5) is 5.69 Å². The van der Waals surface area contributed by atoms with E-state index in [-0.39, 0.29) is 30.4 Å². The van der Waals surface area contributed by atoms with E-state index in [1.807, 2.05) is 54.6 Å². The van der Waals surface area contributed by atoms with Crippen LogP contribution in [-0.4, -0.2) is 44.6 Å². The summed E-state index contributed by atoms with van der Waals surface area (Å²) in [6.45, 7) is 0.519. The summed E-state index contributed by atoms with van der Waals surface area (Å²) in [6, 6.07) is 20.3. The van der Waals surface area contributed by atoms with Gasteiger partial charge in [0.1, 0.15) is 6.29 Å². The van der Waals surface area contributed by atoms with E-state index < -0.39 is 15.4 Å². The fourth-order valence-electron chi connectivity index (χ4n) is 4.92. The molecule has 0 aliphatic carbocycles. The van der Waals surface area contributed by atoms with E-state index in [0.717, 1.165) is 28.3 Å². The zero-order chi connectivity index (χ0) is 21.6. The van der Waals surface area contributed by atoms with Crippen LogP contribution < -0.4 is 4.90 Å². The number of hydrogen-bond acceptors (Lipinski definition) is 4. The molecule has 0 aromatic heterocycles. The summed E-state index contributed by atoms with van der Waals surface area (Å²) in [4.78, 5) is 26.2. The minimum atomic E-state index is -3.67. The van der Waals surface area contributed by atoms with Gasteiger partial charge in [-0.2, -0.15) is 4.31 Å². The van der Waals surface area contributed by atoms with Crippen molar-refractivity contribution in [2.45, 2.75) is 23.2 Å². The lowest BCUT2D eigenvalue weighted by Crippen LogP contribution is -2.50. The van der Waals surface area contributed by atoms with E-state index in [2.05, 4.69) is 0 Å². The van der Waals surface area contributed by atoms with Crippen molar-refractivity contribution in [3.8, 4) is 0 Å². The van der Waals surface area contributed by atoms with Gasteiger partial charge in [-0.25, -0.2) is 8.42 Å². The molecule has 1 saturated heterocycles. The summed E-state index contributed by atoms with van der Waals surface area (Å²) < 4.78 is 28.1. The Morgan fingerprint density at radius 3 is 2.32 bits per heavy atom. The van der Waals surface area contributed by atoms with E-state index in [0.29, 0.717) is 12.8 Å². The summed E-state index contributed by atoms with van der Waals surface area (Å²) >= 11 is 0. The predicted molar refractivity (Wildman–Crippen MR) is 118 cm³/mol. The first kappa shape index (κ1) is 19.9. The summed E-state index contributed by atoms with van der Waals surface area (Å²) in [5.41, 5.74) is 0.879. The van der Waals surface area contributed by atoms with Crippen molar-refractivity contribution in [1.29, 1.82) is 0 Å². The van der Waals surface area contributed by atoms with Crippen LogP contribution >= 0.6 is 0 Å². The van der Waals surface area contributed by atoms with E-state index in [1.165, 1.54) is 9.21 Å². The van der Waals surface area contributed by atoms with Crippen molar-refractivity contribution in [3.05, 3.63) is 72.3 Å². The zero-order valence-corrected chi connectivity index (χ0v) is 17.7. The van der Waals surface area contributed by atoms with Crippen LogP contribution in [0.3, 0.4) is 0 Å². The van der Waals surface area contributed by atoms with E-state index >= 15 is 0 Å². The highest BCUT2D eigenvalue weighted by atomic mass is 32.2. The van der Waals surface area contributed by atoms with Crippen LogP contribution in [0.25, 0.3) is 10.8 Å². The molecule has 0 atom stereocenters. The smallest absolute Gasteiger partial charge is 0.243 e. The molecule has 0 saturated carbocycles. The SMILES string of the molecule is O=CCN1C(=O)C2(CCN(S(=O)(=O)c3ccc4ccccc4c3)CC2)c2ccccc21. The maximum Gasteiger partial charge on any atom is 0.243 e. The molecule has 0 N–H and O–H groups in total. The molecule has 0 bridgehead atoms. The highest BCUT2D eigenvalue weighted by molar-refractivity contribution is 7.89. The molecule has 2 heterocycles. The molecule has 5 rings (SSSR count). The predicted octanol–water partition coefficient (Wildman–Crippen LogP) is 3.11. The lowest BCUT2D eigenvalue weighted by Gasteiger charge is -2.37. The number of para-hydroxylation sites is 1. The maximum absolute atomic E-state index is 13.3. The topological polar surface area (TPSA) is 74.8 Å². The van der Waals surface area contributed by atoms with Crippen molar-refractivity contribution >= 4 is 38.7 Å². The van der Waals surface area contributed by atoms with Crippen molar-refractivity contribution in [1.82, 2.24) is 4.31 Å². The van der Waals surface area contributed by atoms with Gasteiger partial charge in [0.15, 0.2) is 0 Å². The number of rotatable bonds is 4. The van der Waals surface area contributed by atoms with E-state index in [1.54, 1.807) is 12.1 Å². The van der Waals surface area contributed by atoms with Gasteiger partial charge in [0, 0.05) is 18.8 Å². The van der Waals surface area contributed by atoms with Gasteiger partial charge in [-0.05, 0) is 47.4 Å². The second kappa shape index (κ2) is 7.28. The van der Waals surface area contributed by atoms with Crippen LogP contribution in [0.1, 0.15) is 18.4 Å². The lowest BCUT2D eigenvalue weighted by molar-refractivity contribution is -0.125. The molecule has 2 aliphatic heterocycles. The van der Waals surface area contributed by atoms with Gasteiger partial charge in [0.05, 0.1) is 16.9 Å². The molecule has 31 heavy (non-hydrogen) atoms. The largest absolute Gasteiger partial charge is 0.304 e. The molecule has 2 aliphatic rings. The fraction of sp³-hybridized carbons (Fsp3) is 0.250. The number of carbonyl (C=O) groups excluding carboxylic acids is 2. The number of aldehydes is 1. The third-order valence-corrected chi connectivity index (χ3v) is 8.45. The minimum absolute atomic E-state index is 0.0106. The number of benzene rings is 3. The van der Waals surface area contributed by atoms with Gasteiger partial charge >= 0.3 is 0 Å². The second-order valence-electron chi connectivity index (χ2n) is 8.09. The number of carbonyl (C=O) groups is 2. The third kappa shape index (κ3) is 2.99. The number of nitrogens with zero attached hydrogens (tertiary/aromatic N) is 2. The van der Waals surface area contributed by atoms with Gasteiger partial charge in [0.2, 0.25) is 15.9 Å². The lowest BCUT2D eigenvalue weighted by atomic mass is 9.74. The first-order valence-electron chi connectivity index (χ1n) is 10.3. The van der Waals surface area contributed by atoms with Gasteiger partial charge in [-0.3, -0.25) is 4.79 Å². The molecule has 0 radical (unpaired) electrons. The third-order valence-electron chi connectivity index (χ3n) is 6.56. The Kier molecular flexibility index (Phi) is 4.68. The zero-order valence-electron chi connectivity index (χ0n) is 16.9. The van der Waals surface area contributed by atoms with Crippen molar-refractivity contribution in [3.63, 3.8) is 0 Å². The number of sulfonamides is 1. The van der Waals surface area contributed by atoms with Crippen molar-refractivity contribution in [2.24, 2.45) is 0 Å². The first-order chi connectivity index (χ1) is 15.0. The quantitative estimate of drug-likeness (QED) is 0.592. The average molecular weight is 435 g/mol. The Hall–Kier alpha value is -3.03. The summed E-state index contributed by atoms with van der Waals surface area (Å²) in [5.74, 6) is -0.108. The Bertz CT molecular complexity index is 1290. The summed E-state index contributed by atoms with van der Waals surface area (Å²) in [7, 11) is -3.67. The monoisotopic (exact) mass is 434 g/mol. The Balaban J connectivity index is 1.44. The molecule has 3 aromatic rings. The number of piperidine rings is 1. The van der Waals surface area contributed by atoms with Crippen LogP contribution in [0.15, 0.2) is 71.6 Å². The van der Waals surface area contributed by atoms with Gasteiger partial charge in [-0.15, -0.1) is 0 Å². The molecule has 7 heteroatoms. The van der Waals surface area contributed by atoms with E-state index in [9.17, 15) is 18.0 Å². The first-order valence-corrected chi connectivity index (χ1v) is 11.8. The molecular formula is C24H22N2O4S. The van der Waals surface area contributed by atoms with Crippen LogP contribution in [0.5, 0.6) is 0 Å². The van der Waals surface area contributed by atoms with Crippen molar-refractivity contribution < 1.29 is 18.0 Å². The summed E-state index contributed by atoms with van der Waals surface area (Å²) in [6.07, 6.45) is 1.52. The molecule has 1 amide bonds. The molecule has 3 aromatic carbocycles. The maximum atomic E-state index is 13.3. The van der Waals surface area contributed by atoms with Gasteiger partial charge < -0.3 is 9.69 Å². The molecule has 1 fully saturated rings. The Morgan fingerprint density at radius 1 is 0.903 bits per heavy atom. The molecule has 1 spiro atoms. The second-order valence-corrected chi connectivity index (χ2v) is 10.0. The van der Waals surface area contributed by atoms with Gasteiger partial charge in [0.25, 0.3) is 0 Å².